The van der Waals surface area contributed by atoms with Gasteiger partial charge in [-0.3, -0.25) is 0 Å². The Morgan fingerprint density at radius 2 is 2.32 bits per heavy atom. The summed E-state index contributed by atoms with van der Waals surface area (Å²) in [5, 5.41) is 13.9. The summed E-state index contributed by atoms with van der Waals surface area (Å²) in [6.45, 7) is 1.34. The normalized spacial score (nSPS) is 18.7. The Balaban J connectivity index is 1.89. The molecule has 0 spiro atoms. The van der Waals surface area contributed by atoms with Crippen LogP contribution in [0.4, 0.5) is 0 Å². The van der Waals surface area contributed by atoms with Crippen LogP contribution in [0.1, 0.15) is 18.2 Å². The van der Waals surface area contributed by atoms with Gasteiger partial charge >= 0.3 is 0 Å². The number of methoxy groups -OCH3 is 1. The van der Waals surface area contributed by atoms with E-state index in [1.165, 1.54) is 6.07 Å². The number of aromatic nitrogens is 2. The van der Waals surface area contributed by atoms with Gasteiger partial charge in [-0.05, 0) is 18.6 Å². The molecule has 1 N–H and O–H groups in total. The summed E-state index contributed by atoms with van der Waals surface area (Å²) in [7, 11) is 1.54. The molecule has 0 bridgehead atoms. The molecule has 1 atom stereocenters. The Morgan fingerprint density at radius 3 is 3.00 bits per heavy atom. The maximum atomic E-state index is 9.92. The van der Waals surface area contributed by atoms with E-state index < -0.39 is 0 Å². The molecular formula is C13H14N2O4. The quantitative estimate of drug-likeness (QED) is 0.911. The van der Waals surface area contributed by atoms with Gasteiger partial charge in [0.05, 0.1) is 19.3 Å². The lowest BCUT2D eigenvalue weighted by molar-refractivity contribution is 0.192. The summed E-state index contributed by atoms with van der Waals surface area (Å²) in [5.74, 6) is 1.74. The SMILES string of the molecule is COc1ccc(-c2nc([C@H]3CCOC3)no2)c(O)c1. The van der Waals surface area contributed by atoms with Gasteiger partial charge in [-0.1, -0.05) is 5.16 Å². The minimum absolute atomic E-state index is 0.0530. The highest BCUT2D eigenvalue weighted by atomic mass is 16.5. The van der Waals surface area contributed by atoms with E-state index in [-0.39, 0.29) is 11.7 Å². The van der Waals surface area contributed by atoms with Crippen LogP contribution in [0.3, 0.4) is 0 Å². The molecule has 100 valence electrons. The highest BCUT2D eigenvalue weighted by molar-refractivity contribution is 5.63. The van der Waals surface area contributed by atoms with Crippen molar-refractivity contribution in [3.63, 3.8) is 0 Å². The zero-order valence-electron chi connectivity index (χ0n) is 10.5. The fourth-order valence-electron chi connectivity index (χ4n) is 2.07. The van der Waals surface area contributed by atoms with E-state index in [1.54, 1.807) is 19.2 Å². The Kier molecular flexibility index (Phi) is 3.08. The van der Waals surface area contributed by atoms with E-state index in [4.69, 9.17) is 14.0 Å². The lowest BCUT2D eigenvalue weighted by atomic mass is 10.1. The second-order valence-corrected chi connectivity index (χ2v) is 4.40. The third kappa shape index (κ3) is 2.26. The zero-order valence-corrected chi connectivity index (χ0v) is 10.5. The van der Waals surface area contributed by atoms with Gasteiger partial charge < -0.3 is 19.1 Å². The molecule has 1 fully saturated rings. The molecule has 19 heavy (non-hydrogen) atoms. The van der Waals surface area contributed by atoms with Crippen molar-refractivity contribution in [3.8, 4) is 23.0 Å². The van der Waals surface area contributed by atoms with Crippen molar-refractivity contribution in [3.05, 3.63) is 24.0 Å². The van der Waals surface area contributed by atoms with Crippen LogP contribution in [0.2, 0.25) is 0 Å². The van der Waals surface area contributed by atoms with Gasteiger partial charge in [0.25, 0.3) is 5.89 Å². The first-order valence-corrected chi connectivity index (χ1v) is 6.06. The smallest absolute Gasteiger partial charge is 0.261 e. The predicted molar refractivity (Wildman–Crippen MR) is 66.1 cm³/mol. The van der Waals surface area contributed by atoms with Crippen molar-refractivity contribution in [1.29, 1.82) is 0 Å². The Bertz CT molecular complexity index is 576. The van der Waals surface area contributed by atoms with Gasteiger partial charge in [-0.15, -0.1) is 0 Å². The van der Waals surface area contributed by atoms with E-state index in [2.05, 4.69) is 10.1 Å². The van der Waals surface area contributed by atoms with Crippen LogP contribution in [-0.4, -0.2) is 35.6 Å². The number of phenolic OH excluding ortho intramolecular Hbond substituents is 1. The molecule has 0 unspecified atom stereocenters. The minimum Gasteiger partial charge on any atom is -0.507 e. The average Bonchev–Trinajstić information content (AvgIpc) is 3.09. The molecule has 1 aliphatic heterocycles. The van der Waals surface area contributed by atoms with Crippen LogP contribution in [-0.2, 0) is 4.74 Å². The topological polar surface area (TPSA) is 77.6 Å². The number of benzene rings is 1. The fraction of sp³-hybridized carbons (Fsp3) is 0.385. The van der Waals surface area contributed by atoms with Crippen LogP contribution >= 0.6 is 0 Å². The van der Waals surface area contributed by atoms with Gasteiger partial charge in [-0.25, -0.2) is 0 Å². The van der Waals surface area contributed by atoms with Crippen LogP contribution in [0.25, 0.3) is 11.5 Å². The van der Waals surface area contributed by atoms with Crippen LogP contribution in [0.15, 0.2) is 22.7 Å². The molecule has 0 radical (unpaired) electrons. The molecule has 0 saturated carbocycles. The maximum Gasteiger partial charge on any atom is 0.261 e. The second-order valence-electron chi connectivity index (χ2n) is 4.40. The van der Waals surface area contributed by atoms with Gasteiger partial charge in [0.1, 0.15) is 11.5 Å². The third-order valence-electron chi connectivity index (χ3n) is 3.17. The number of nitrogens with zero attached hydrogens (tertiary/aromatic N) is 2. The first kappa shape index (κ1) is 12.0. The molecule has 3 rings (SSSR count). The van der Waals surface area contributed by atoms with Crippen LogP contribution in [0.5, 0.6) is 11.5 Å². The molecule has 0 amide bonds. The Labute approximate surface area is 110 Å². The van der Waals surface area contributed by atoms with E-state index in [1.807, 2.05) is 0 Å². The van der Waals surface area contributed by atoms with Crippen LogP contribution < -0.4 is 4.74 Å². The third-order valence-corrected chi connectivity index (χ3v) is 3.17. The largest absolute Gasteiger partial charge is 0.507 e. The lowest BCUT2D eigenvalue weighted by Crippen LogP contribution is -1.99. The average molecular weight is 262 g/mol. The molecule has 0 aliphatic carbocycles. The number of rotatable bonds is 3. The second kappa shape index (κ2) is 4.89. The highest BCUT2D eigenvalue weighted by Gasteiger charge is 2.24. The molecule has 2 aromatic rings. The number of hydrogen-bond acceptors (Lipinski definition) is 6. The summed E-state index contributed by atoms with van der Waals surface area (Å²) in [4.78, 5) is 4.32. The highest BCUT2D eigenvalue weighted by Crippen LogP contribution is 2.32. The van der Waals surface area contributed by atoms with E-state index >= 15 is 0 Å². The predicted octanol–water partition coefficient (Wildman–Crippen LogP) is 1.95. The number of hydrogen-bond donors (Lipinski definition) is 1. The van der Waals surface area contributed by atoms with Crippen molar-refractivity contribution in [1.82, 2.24) is 10.1 Å². The molecule has 1 aliphatic rings. The number of ether oxygens (including phenoxy) is 2. The van der Waals surface area contributed by atoms with Crippen molar-refractivity contribution < 1.29 is 19.1 Å². The molecule has 1 aromatic heterocycles. The van der Waals surface area contributed by atoms with Crippen molar-refractivity contribution in [2.24, 2.45) is 0 Å². The standard InChI is InChI=1S/C13H14N2O4/c1-17-9-2-3-10(11(16)6-9)13-14-12(15-19-13)8-4-5-18-7-8/h2-3,6,8,16H,4-5,7H2,1H3/t8-/m0/s1. The molecule has 6 heteroatoms. The van der Waals surface area contributed by atoms with E-state index in [0.29, 0.717) is 29.6 Å². The monoisotopic (exact) mass is 262 g/mol. The molecule has 1 saturated heterocycles. The summed E-state index contributed by atoms with van der Waals surface area (Å²) in [6.07, 6.45) is 0.896. The Morgan fingerprint density at radius 1 is 1.42 bits per heavy atom. The maximum absolute atomic E-state index is 9.92. The number of phenols is 1. The summed E-state index contributed by atoms with van der Waals surface area (Å²) < 4.78 is 15.5. The van der Waals surface area contributed by atoms with Gasteiger partial charge in [0, 0.05) is 18.6 Å². The van der Waals surface area contributed by atoms with Crippen LogP contribution in [0, 0.1) is 0 Å². The van der Waals surface area contributed by atoms with Gasteiger partial charge in [0.2, 0.25) is 0 Å². The Hall–Kier alpha value is -2.08. The summed E-state index contributed by atoms with van der Waals surface area (Å²) in [5.41, 5.74) is 0.499. The summed E-state index contributed by atoms with van der Waals surface area (Å²) >= 11 is 0. The minimum atomic E-state index is 0.0530. The van der Waals surface area contributed by atoms with Crippen molar-refractivity contribution >= 4 is 0 Å². The number of aromatic hydroxyl groups is 1. The first-order chi connectivity index (χ1) is 9.28. The first-order valence-electron chi connectivity index (χ1n) is 6.06. The van der Waals surface area contributed by atoms with Gasteiger partial charge in [-0.2, -0.15) is 4.98 Å². The fourth-order valence-corrected chi connectivity index (χ4v) is 2.07. The van der Waals surface area contributed by atoms with E-state index in [9.17, 15) is 5.11 Å². The molecular weight excluding hydrogens is 248 g/mol. The lowest BCUT2D eigenvalue weighted by Gasteiger charge is -2.03. The van der Waals surface area contributed by atoms with Gasteiger partial charge in [0.15, 0.2) is 5.82 Å². The van der Waals surface area contributed by atoms with Crippen molar-refractivity contribution in [2.75, 3.05) is 20.3 Å². The summed E-state index contributed by atoms with van der Waals surface area (Å²) in [6, 6.07) is 4.94. The molecule has 2 heterocycles. The van der Waals surface area contributed by atoms with E-state index in [0.717, 1.165) is 13.0 Å². The zero-order chi connectivity index (χ0) is 13.2. The van der Waals surface area contributed by atoms with Crippen molar-refractivity contribution in [2.45, 2.75) is 12.3 Å². The molecule has 1 aromatic carbocycles. The molecule has 6 nitrogen and oxygen atoms in total.